The minimum atomic E-state index is -0.453. The highest BCUT2D eigenvalue weighted by Crippen LogP contribution is 2.18. The predicted octanol–water partition coefficient (Wildman–Crippen LogP) is 1.75. The third kappa shape index (κ3) is 4.69. The van der Waals surface area contributed by atoms with Gasteiger partial charge in [0.1, 0.15) is 0 Å². The SMILES string of the molecule is NCCCOC1CCN(C(=O)c2ccn(-c3ccc([N+](=O)[O-])cc3)n2)CC1. The Labute approximate surface area is 156 Å². The molecule has 9 nitrogen and oxygen atoms in total. The molecule has 0 bridgehead atoms. The fourth-order valence-corrected chi connectivity index (χ4v) is 3.03. The second-order valence-electron chi connectivity index (χ2n) is 6.42. The molecule has 2 heterocycles. The molecule has 0 atom stereocenters. The lowest BCUT2D eigenvalue weighted by Gasteiger charge is -2.31. The van der Waals surface area contributed by atoms with Gasteiger partial charge in [-0.1, -0.05) is 0 Å². The van der Waals surface area contributed by atoms with Crippen LogP contribution in [0.15, 0.2) is 36.5 Å². The van der Waals surface area contributed by atoms with Crippen LogP contribution in [0.4, 0.5) is 5.69 Å². The van der Waals surface area contributed by atoms with Gasteiger partial charge in [-0.3, -0.25) is 14.9 Å². The van der Waals surface area contributed by atoms with Gasteiger partial charge in [-0.15, -0.1) is 0 Å². The average Bonchev–Trinajstić information content (AvgIpc) is 3.18. The minimum absolute atomic E-state index is 0.0127. The predicted molar refractivity (Wildman–Crippen MR) is 98.8 cm³/mol. The third-order valence-corrected chi connectivity index (χ3v) is 4.56. The zero-order valence-electron chi connectivity index (χ0n) is 15.0. The first-order valence-corrected chi connectivity index (χ1v) is 9.00. The lowest BCUT2D eigenvalue weighted by Crippen LogP contribution is -2.41. The van der Waals surface area contributed by atoms with Crippen LogP contribution >= 0.6 is 0 Å². The summed E-state index contributed by atoms with van der Waals surface area (Å²) in [4.78, 5) is 24.7. The van der Waals surface area contributed by atoms with Crippen LogP contribution in [0.3, 0.4) is 0 Å². The third-order valence-electron chi connectivity index (χ3n) is 4.56. The van der Waals surface area contributed by atoms with Gasteiger partial charge in [-0.2, -0.15) is 5.10 Å². The number of hydrogen-bond acceptors (Lipinski definition) is 6. The highest BCUT2D eigenvalue weighted by Gasteiger charge is 2.25. The van der Waals surface area contributed by atoms with Crippen molar-refractivity contribution in [3.05, 3.63) is 52.3 Å². The van der Waals surface area contributed by atoms with Crippen molar-refractivity contribution in [1.82, 2.24) is 14.7 Å². The van der Waals surface area contributed by atoms with E-state index in [1.165, 1.54) is 12.1 Å². The smallest absolute Gasteiger partial charge is 0.274 e. The monoisotopic (exact) mass is 373 g/mol. The summed E-state index contributed by atoms with van der Waals surface area (Å²) in [5.41, 5.74) is 6.49. The molecule has 1 amide bonds. The van der Waals surface area contributed by atoms with Gasteiger partial charge in [0.05, 0.1) is 16.7 Å². The molecule has 9 heteroatoms. The number of nitrogens with zero attached hydrogens (tertiary/aromatic N) is 4. The zero-order chi connectivity index (χ0) is 19.2. The van der Waals surface area contributed by atoms with Crippen molar-refractivity contribution in [2.45, 2.75) is 25.4 Å². The van der Waals surface area contributed by atoms with Gasteiger partial charge < -0.3 is 15.4 Å². The molecule has 0 saturated carbocycles. The number of hydrogen-bond donors (Lipinski definition) is 1. The average molecular weight is 373 g/mol. The Kier molecular flexibility index (Phi) is 6.15. The molecule has 0 unspecified atom stereocenters. The van der Waals surface area contributed by atoms with Crippen LogP contribution in [0.25, 0.3) is 5.69 Å². The number of benzene rings is 1. The van der Waals surface area contributed by atoms with Crippen molar-refractivity contribution >= 4 is 11.6 Å². The molecule has 144 valence electrons. The van der Waals surface area contributed by atoms with Gasteiger partial charge in [0.2, 0.25) is 0 Å². The lowest BCUT2D eigenvalue weighted by atomic mass is 10.1. The number of carbonyl (C=O) groups excluding carboxylic acids is 1. The van der Waals surface area contributed by atoms with E-state index in [1.807, 2.05) is 0 Å². The summed E-state index contributed by atoms with van der Waals surface area (Å²) in [6.45, 7) is 2.55. The Morgan fingerprint density at radius 1 is 1.26 bits per heavy atom. The standard InChI is InChI=1S/C18H23N5O4/c19-9-1-13-27-16-6-10-21(11-7-16)18(24)17-8-12-22(20-17)14-2-4-15(5-3-14)23(25)26/h2-5,8,12,16H,1,6-7,9-11,13,19H2. The summed E-state index contributed by atoms with van der Waals surface area (Å²) in [6, 6.07) is 7.68. The molecule has 1 aliphatic heterocycles. The highest BCUT2D eigenvalue weighted by molar-refractivity contribution is 5.92. The Bertz CT molecular complexity index is 781. The summed E-state index contributed by atoms with van der Waals surface area (Å²) in [6.07, 6.45) is 4.31. The zero-order valence-corrected chi connectivity index (χ0v) is 15.0. The van der Waals surface area contributed by atoms with Crippen LogP contribution in [-0.2, 0) is 4.74 Å². The fraction of sp³-hybridized carbons (Fsp3) is 0.444. The van der Waals surface area contributed by atoms with E-state index in [0.717, 1.165) is 19.3 Å². The number of carbonyl (C=O) groups is 1. The summed E-state index contributed by atoms with van der Waals surface area (Å²) in [7, 11) is 0. The van der Waals surface area contributed by atoms with E-state index in [2.05, 4.69) is 5.10 Å². The van der Waals surface area contributed by atoms with Gasteiger partial charge in [-0.05, 0) is 44.0 Å². The number of piperidine rings is 1. The molecule has 3 rings (SSSR count). The van der Waals surface area contributed by atoms with E-state index in [-0.39, 0.29) is 17.7 Å². The summed E-state index contributed by atoms with van der Waals surface area (Å²) in [5, 5.41) is 15.1. The van der Waals surface area contributed by atoms with Crippen molar-refractivity contribution in [2.24, 2.45) is 5.73 Å². The highest BCUT2D eigenvalue weighted by atomic mass is 16.6. The number of nitro benzene ring substituents is 1. The molecular formula is C18H23N5O4. The maximum atomic E-state index is 12.7. The second kappa shape index (κ2) is 8.74. The molecule has 27 heavy (non-hydrogen) atoms. The molecule has 2 aromatic rings. The van der Waals surface area contributed by atoms with Crippen molar-refractivity contribution in [3.63, 3.8) is 0 Å². The molecular weight excluding hydrogens is 350 g/mol. The molecule has 0 spiro atoms. The summed E-state index contributed by atoms with van der Waals surface area (Å²) in [5.74, 6) is -0.115. The van der Waals surface area contributed by atoms with Crippen LogP contribution < -0.4 is 5.73 Å². The Morgan fingerprint density at radius 2 is 1.96 bits per heavy atom. The minimum Gasteiger partial charge on any atom is -0.378 e. The van der Waals surface area contributed by atoms with Gasteiger partial charge in [0.25, 0.3) is 11.6 Å². The van der Waals surface area contributed by atoms with E-state index < -0.39 is 4.92 Å². The first-order valence-electron chi connectivity index (χ1n) is 9.00. The number of likely N-dealkylation sites (tertiary alicyclic amines) is 1. The van der Waals surface area contributed by atoms with E-state index in [9.17, 15) is 14.9 Å². The largest absolute Gasteiger partial charge is 0.378 e. The Balaban J connectivity index is 1.58. The number of nitrogens with two attached hydrogens (primary N) is 1. The Hall–Kier alpha value is -2.78. The van der Waals surface area contributed by atoms with Crippen LogP contribution in [-0.4, -0.2) is 57.9 Å². The molecule has 1 aromatic heterocycles. The molecule has 1 fully saturated rings. The van der Waals surface area contributed by atoms with Gasteiger partial charge >= 0.3 is 0 Å². The first kappa shape index (κ1) is 19.0. The van der Waals surface area contributed by atoms with Crippen molar-refractivity contribution in [2.75, 3.05) is 26.2 Å². The van der Waals surface area contributed by atoms with Gasteiger partial charge in [-0.25, -0.2) is 4.68 Å². The lowest BCUT2D eigenvalue weighted by molar-refractivity contribution is -0.384. The quantitative estimate of drug-likeness (QED) is 0.449. The molecule has 0 aliphatic carbocycles. The number of rotatable bonds is 7. The topological polar surface area (TPSA) is 117 Å². The van der Waals surface area contributed by atoms with Crippen LogP contribution in [0.2, 0.25) is 0 Å². The van der Waals surface area contributed by atoms with Crippen LogP contribution in [0, 0.1) is 10.1 Å². The molecule has 1 aliphatic rings. The van der Waals surface area contributed by atoms with Crippen LogP contribution in [0.1, 0.15) is 29.8 Å². The Morgan fingerprint density at radius 3 is 2.59 bits per heavy atom. The van der Waals surface area contributed by atoms with Crippen LogP contribution in [0.5, 0.6) is 0 Å². The van der Waals surface area contributed by atoms with E-state index in [0.29, 0.717) is 37.6 Å². The second-order valence-corrected chi connectivity index (χ2v) is 6.42. The molecule has 0 radical (unpaired) electrons. The number of ether oxygens (including phenoxy) is 1. The first-order chi connectivity index (χ1) is 13.1. The summed E-state index contributed by atoms with van der Waals surface area (Å²) < 4.78 is 7.30. The van der Waals surface area contributed by atoms with Crippen molar-refractivity contribution in [1.29, 1.82) is 0 Å². The van der Waals surface area contributed by atoms with E-state index in [4.69, 9.17) is 10.5 Å². The normalized spacial score (nSPS) is 15.1. The number of amides is 1. The molecule has 2 N–H and O–H groups in total. The number of aromatic nitrogens is 2. The summed E-state index contributed by atoms with van der Waals surface area (Å²) >= 11 is 0. The maximum Gasteiger partial charge on any atom is 0.274 e. The molecule has 1 saturated heterocycles. The van der Waals surface area contributed by atoms with Crippen molar-refractivity contribution in [3.8, 4) is 5.69 Å². The number of nitro groups is 1. The van der Waals surface area contributed by atoms with Crippen molar-refractivity contribution < 1.29 is 14.5 Å². The fourth-order valence-electron chi connectivity index (χ4n) is 3.03. The van der Waals surface area contributed by atoms with E-state index >= 15 is 0 Å². The van der Waals surface area contributed by atoms with Gasteiger partial charge in [0.15, 0.2) is 5.69 Å². The van der Waals surface area contributed by atoms with Gasteiger partial charge in [0, 0.05) is 38.0 Å². The maximum absolute atomic E-state index is 12.7. The van der Waals surface area contributed by atoms with E-state index in [1.54, 1.807) is 34.0 Å². The molecule has 1 aromatic carbocycles. The number of non-ortho nitro benzene ring substituents is 1.